The second kappa shape index (κ2) is 5.66. The molecule has 0 atom stereocenters. The summed E-state index contributed by atoms with van der Waals surface area (Å²) >= 11 is 0. The van der Waals surface area contributed by atoms with Crippen molar-refractivity contribution in [2.45, 2.75) is 6.54 Å². The van der Waals surface area contributed by atoms with Crippen LogP contribution in [0.3, 0.4) is 0 Å². The van der Waals surface area contributed by atoms with Crippen molar-refractivity contribution in [3.05, 3.63) is 81.8 Å². The number of nitrogens with one attached hydrogen (secondary N) is 1. The molecule has 0 aliphatic carbocycles. The van der Waals surface area contributed by atoms with Gasteiger partial charge in [-0.3, -0.25) is 4.79 Å². The second-order valence-corrected chi connectivity index (χ2v) is 4.75. The number of rotatable bonds is 1. The Morgan fingerprint density at radius 2 is 1.71 bits per heavy atom. The molecule has 0 unspecified atom stereocenters. The van der Waals surface area contributed by atoms with Crippen molar-refractivity contribution in [3.63, 3.8) is 0 Å². The summed E-state index contributed by atoms with van der Waals surface area (Å²) < 4.78 is 0. The van der Waals surface area contributed by atoms with Crippen LogP contribution in [-0.2, 0) is 6.54 Å². The molecule has 3 heteroatoms. The number of pyridine rings is 1. The van der Waals surface area contributed by atoms with E-state index in [1.807, 2.05) is 54.6 Å². The highest BCUT2D eigenvalue weighted by Crippen LogP contribution is 2.12. The summed E-state index contributed by atoms with van der Waals surface area (Å²) in [5.41, 5.74) is 7.93. The van der Waals surface area contributed by atoms with Gasteiger partial charge in [-0.2, -0.15) is 0 Å². The summed E-state index contributed by atoms with van der Waals surface area (Å²) in [4.78, 5) is 14.8. The van der Waals surface area contributed by atoms with Gasteiger partial charge >= 0.3 is 0 Å². The van der Waals surface area contributed by atoms with E-state index in [4.69, 9.17) is 5.73 Å². The highest BCUT2D eigenvalue weighted by atomic mass is 16.1. The largest absolute Gasteiger partial charge is 0.325 e. The van der Waals surface area contributed by atoms with Gasteiger partial charge in [-0.25, -0.2) is 0 Å². The smallest absolute Gasteiger partial charge is 0.256 e. The van der Waals surface area contributed by atoms with Crippen LogP contribution >= 0.6 is 0 Å². The molecule has 0 aliphatic heterocycles. The number of aromatic amines is 1. The van der Waals surface area contributed by atoms with Crippen molar-refractivity contribution in [2.24, 2.45) is 5.73 Å². The average molecular weight is 274 g/mol. The van der Waals surface area contributed by atoms with E-state index in [2.05, 4.69) is 16.8 Å². The minimum absolute atomic E-state index is 0.128. The standard InChI is InChI=1S/C18H14N2O/c19-12-16-11-15-9-8-14(10-17(15)18(21)20-16)7-6-13-4-2-1-3-5-13/h1-5,8-11H,12,19H2,(H,20,21). The molecule has 0 spiro atoms. The molecule has 0 saturated carbocycles. The van der Waals surface area contributed by atoms with Crippen molar-refractivity contribution in [1.29, 1.82) is 0 Å². The van der Waals surface area contributed by atoms with Gasteiger partial charge in [0.1, 0.15) is 0 Å². The quantitative estimate of drug-likeness (QED) is 0.669. The molecular weight excluding hydrogens is 260 g/mol. The third-order valence-electron chi connectivity index (χ3n) is 3.25. The number of benzene rings is 2. The van der Waals surface area contributed by atoms with Crippen LogP contribution in [0.1, 0.15) is 16.8 Å². The fourth-order valence-electron chi connectivity index (χ4n) is 2.17. The maximum Gasteiger partial charge on any atom is 0.256 e. The first-order valence-electron chi connectivity index (χ1n) is 6.69. The van der Waals surface area contributed by atoms with Crippen molar-refractivity contribution >= 4 is 10.8 Å². The lowest BCUT2D eigenvalue weighted by atomic mass is 10.1. The van der Waals surface area contributed by atoms with Gasteiger partial charge in [0.25, 0.3) is 5.56 Å². The monoisotopic (exact) mass is 274 g/mol. The van der Waals surface area contributed by atoms with Gasteiger partial charge < -0.3 is 10.7 Å². The summed E-state index contributed by atoms with van der Waals surface area (Å²) in [6.07, 6.45) is 0. The Morgan fingerprint density at radius 1 is 0.952 bits per heavy atom. The molecule has 3 aromatic rings. The third kappa shape index (κ3) is 2.86. The van der Waals surface area contributed by atoms with Crippen LogP contribution in [0.2, 0.25) is 0 Å². The Hall–Kier alpha value is -2.83. The van der Waals surface area contributed by atoms with E-state index >= 15 is 0 Å². The highest BCUT2D eigenvalue weighted by Gasteiger charge is 2.01. The summed E-state index contributed by atoms with van der Waals surface area (Å²) in [7, 11) is 0. The predicted molar refractivity (Wildman–Crippen MR) is 84.9 cm³/mol. The SMILES string of the molecule is NCc1cc2ccc(C#Cc3ccccc3)cc2c(=O)[nH]1. The topological polar surface area (TPSA) is 58.9 Å². The van der Waals surface area contributed by atoms with Gasteiger partial charge in [-0.15, -0.1) is 0 Å². The minimum Gasteiger partial charge on any atom is -0.325 e. The van der Waals surface area contributed by atoms with Crippen LogP contribution in [0.15, 0.2) is 59.4 Å². The fourth-order valence-corrected chi connectivity index (χ4v) is 2.17. The maximum absolute atomic E-state index is 12.0. The first-order chi connectivity index (χ1) is 10.3. The molecule has 3 N–H and O–H groups in total. The molecule has 1 aromatic heterocycles. The van der Waals surface area contributed by atoms with Crippen molar-refractivity contribution in [2.75, 3.05) is 0 Å². The van der Waals surface area contributed by atoms with E-state index < -0.39 is 0 Å². The fraction of sp³-hybridized carbons (Fsp3) is 0.0556. The molecule has 3 rings (SSSR count). The normalized spacial score (nSPS) is 10.1. The van der Waals surface area contributed by atoms with Crippen LogP contribution in [0.25, 0.3) is 10.8 Å². The minimum atomic E-state index is -0.128. The Labute approximate surface area is 122 Å². The lowest BCUT2D eigenvalue weighted by molar-refractivity contribution is 0.983. The molecule has 0 amide bonds. The molecule has 21 heavy (non-hydrogen) atoms. The van der Waals surface area contributed by atoms with Crippen LogP contribution in [0.5, 0.6) is 0 Å². The second-order valence-electron chi connectivity index (χ2n) is 4.75. The van der Waals surface area contributed by atoms with Gasteiger partial charge in [-0.1, -0.05) is 36.1 Å². The Kier molecular flexibility index (Phi) is 3.55. The molecule has 0 radical (unpaired) electrons. The van der Waals surface area contributed by atoms with E-state index in [9.17, 15) is 4.79 Å². The Bertz CT molecular complexity index is 899. The summed E-state index contributed by atoms with van der Waals surface area (Å²) in [5, 5.41) is 1.51. The Balaban J connectivity index is 2.04. The number of hydrogen-bond acceptors (Lipinski definition) is 2. The van der Waals surface area contributed by atoms with Crippen LogP contribution in [-0.4, -0.2) is 4.98 Å². The summed E-state index contributed by atoms with van der Waals surface area (Å²) in [5.74, 6) is 6.17. The predicted octanol–water partition coefficient (Wildman–Crippen LogP) is 2.39. The molecule has 3 nitrogen and oxygen atoms in total. The number of aromatic nitrogens is 1. The molecule has 0 bridgehead atoms. The lowest BCUT2D eigenvalue weighted by Gasteiger charge is -2.01. The summed E-state index contributed by atoms with van der Waals surface area (Å²) in [6, 6.07) is 17.3. The van der Waals surface area contributed by atoms with Crippen molar-refractivity contribution < 1.29 is 0 Å². The van der Waals surface area contributed by atoms with Gasteiger partial charge in [0, 0.05) is 28.8 Å². The molecule has 0 saturated heterocycles. The zero-order valence-corrected chi connectivity index (χ0v) is 11.4. The van der Waals surface area contributed by atoms with Crippen LogP contribution in [0, 0.1) is 11.8 Å². The molecule has 0 fully saturated rings. The van der Waals surface area contributed by atoms with Gasteiger partial charge in [0.15, 0.2) is 0 Å². The van der Waals surface area contributed by atoms with E-state index in [1.54, 1.807) is 0 Å². The highest BCUT2D eigenvalue weighted by molar-refractivity contribution is 5.83. The van der Waals surface area contributed by atoms with E-state index in [0.29, 0.717) is 11.9 Å². The number of H-pyrrole nitrogens is 1. The van der Waals surface area contributed by atoms with Gasteiger partial charge in [0.05, 0.1) is 0 Å². The van der Waals surface area contributed by atoms with Gasteiger partial charge in [0.2, 0.25) is 0 Å². The number of hydrogen-bond donors (Lipinski definition) is 2. The molecule has 1 heterocycles. The zero-order valence-electron chi connectivity index (χ0n) is 11.4. The maximum atomic E-state index is 12.0. The lowest BCUT2D eigenvalue weighted by Crippen LogP contribution is -2.11. The molecule has 102 valence electrons. The van der Waals surface area contributed by atoms with E-state index in [0.717, 1.165) is 22.2 Å². The zero-order chi connectivity index (χ0) is 14.7. The first kappa shape index (κ1) is 13.2. The number of fused-ring (bicyclic) bond motifs is 1. The third-order valence-corrected chi connectivity index (χ3v) is 3.25. The molecular formula is C18H14N2O. The van der Waals surface area contributed by atoms with E-state index in [-0.39, 0.29) is 5.56 Å². The van der Waals surface area contributed by atoms with Crippen LogP contribution in [0.4, 0.5) is 0 Å². The van der Waals surface area contributed by atoms with Gasteiger partial charge in [-0.05, 0) is 35.7 Å². The first-order valence-corrected chi connectivity index (χ1v) is 6.69. The average Bonchev–Trinajstić information content (AvgIpc) is 2.54. The summed E-state index contributed by atoms with van der Waals surface area (Å²) in [6.45, 7) is 0.320. The van der Waals surface area contributed by atoms with Crippen molar-refractivity contribution in [3.8, 4) is 11.8 Å². The Morgan fingerprint density at radius 3 is 2.48 bits per heavy atom. The van der Waals surface area contributed by atoms with E-state index in [1.165, 1.54) is 0 Å². The van der Waals surface area contributed by atoms with Crippen LogP contribution < -0.4 is 11.3 Å². The van der Waals surface area contributed by atoms with Crippen molar-refractivity contribution in [1.82, 2.24) is 4.98 Å². The number of nitrogens with two attached hydrogens (primary N) is 1. The molecule has 2 aromatic carbocycles. The molecule has 0 aliphatic rings.